The molecule has 128 valence electrons. The van der Waals surface area contributed by atoms with Crippen LogP contribution in [-0.4, -0.2) is 26.1 Å². The van der Waals surface area contributed by atoms with Gasteiger partial charge in [-0.25, -0.2) is 9.79 Å². The molecule has 5 heteroatoms. The van der Waals surface area contributed by atoms with Crippen molar-refractivity contribution in [1.82, 2.24) is 0 Å². The molecule has 1 aliphatic rings. The summed E-state index contributed by atoms with van der Waals surface area (Å²) in [6.07, 6.45) is 1.65. The second-order valence-electron chi connectivity index (χ2n) is 5.74. The summed E-state index contributed by atoms with van der Waals surface area (Å²) in [5, 5.41) is 0. The van der Waals surface area contributed by atoms with E-state index in [0.29, 0.717) is 17.4 Å². The normalized spacial score (nSPS) is 15.1. The Hall–Kier alpha value is -3.08. The fourth-order valence-electron chi connectivity index (χ4n) is 2.49. The quantitative estimate of drug-likeness (QED) is 0.631. The molecule has 0 saturated carbocycles. The first kappa shape index (κ1) is 16.8. The Morgan fingerprint density at radius 3 is 2.48 bits per heavy atom. The number of carbonyl (C=O) groups excluding carboxylic acids is 1. The highest BCUT2D eigenvalue weighted by atomic mass is 16.6. The number of cyclic esters (lactones) is 1. The minimum atomic E-state index is -0.480. The second-order valence-corrected chi connectivity index (χ2v) is 5.74. The number of aliphatic imine (C=N–C) groups is 1. The van der Waals surface area contributed by atoms with Crippen LogP contribution < -0.4 is 9.47 Å². The number of benzene rings is 2. The van der Waals surface area contributed by atoms with Crippen molar-refractivity contribution in [2.45, 2.75) is 13.8 Å². The third-order valence-corrected chi connectivity index (χ3v) is 4.11. The number of rotatable bonds is 4. The summed E-state index contributed by atoms with van der Waals surface area (Å²) >= 11 is 0. The molecule has 0 amide bonds. The maximum absolute atomic E-state index is 12.2. The summed E-state index contributed by atoms with van der Waals surface area (Å²) in [5.74, 6) is 1.10. The van der Waals surface area contributed by atoms with Gasteiger partial charge in [-0.3, -0.25) is 0 Å². The highest BCUT2D eigenvalue weighted by Gasteiger charge is 2.24. The van der Waals surface area contributed by atoms with Crippen LogP contribution in [0.4, 0.5) is 0 Å². The van der Waals surface area contributed by atoms with Crippen molar-refractivity contribution in [1.29, 1.82) is 0 Å². The van der Waals surface area contributed by atoms with Crippen molar-refractivity contribution in [2.24, 2.45) is 4.99 Å². The molecule has 0 N–H and O–H groups in total. The molecule has 0 fully saturated rings. The smallest absolute Gasteiger partial charge is 0.363 e. The molecule has 0 bridgehead atoms. The molecule has 1 aliphatic heterocycles. The molecule has 0 unspecified atom stereocenters. The van der Waals surface area contributed by atoms with Gasteiger partial charge in [-0.2, -0.15) is 0 Å². The predicted molar refractivity (Wildman–Crippen MR) is 96.1 cm³/mol. The number of methoxy groups -OCH3 is 2. The van der Waals surface area contributed by atoms with Gasteiger partial charge in [0, 0.05) is 17.2 Å². The molecule has 2 aromatic rings. The third kappa shape index (κ3) is 3.40. The molecular weight excluding hydrogens is 318 g/mol. The van der Waals surface area contributed by atoms with Crippen LogP contribution >= 0.6 is 0 Å². The van der Waals surface area contributed by atoms with Gasteiger partial charge in [0.15, 0.2) is 5.70 Å². The Morgan fingerprint density at radius 2 is 1.80 bits per heavy atom. The summed E-state index contributed by atoms with van der Waals surface area (Å²) in [5.41, 5.74) is 4.02. The van der Waals surface area contributed by atoms with E-state index in [1.54, 1.807) is 32.4 Å². The largest absolute Gasteiger partial charge is 0.497 e. The van der Waals surface area contributed by atoms with Gasteiger partial charge in [0.2, 0.25) is 5.90 Å². The van der Waals surface area contributed by atoms with Crippen LogP contribution in [0.2, 0.25) is 0 Å². The summed E-state index contributed by atoms with van der Waals surface area (Å²) < 4.78 is 15.8. The van der Waals surface area contributed by atoms with E-state index < -0.39 is 5.97 Å². The van der Waals surface area contributed by atoms with Crippen LogP contribution in [0.25, 0.3) is 6.08 Å². The Balaban J connectivity index is 1.97. The van der Waals surface area contributed by atoms with E-state index in [1.807, 2.05) is 38.1 Å². The first-order valence-corrected chi connectivity index (χ1v) is 7.84. The molecule has 0 spiro atoms. The minimum absolute atomic E-state index is 0.233. The Bertz CT molecular complexity index is 897. The maximum Gasteiger partial charge on any atom is 0.363 e. The molecule has 0 radical (unpaired) electrons. The highest BCUT2D eigenvalue weighted by Crippen LogP contribution is 2.28. The fraction of sp³-hybridized carbons (Fsp3) is 0.200. The zero-order valence-electron chi connectivity index (χ0n) is 14.6. The van der Waals surface area contributed by atoms with E-state index in [1.165, 1.54) is 5.56 Å². The van der Waals surface area contributed by atoms with E-state index in [-0.39, 0.29) is 5.70 Å². The van der Waals surface area contributed by atoms with Crippen LogP contribution in [0.15, 0.2) is 47.1 Å². The lowest BCUT2D eigenvalue weighted by Crippen LogP contribution is -2.05. The molecule has 0 atom stereocenters. The lowest BCUT2D eigenvalue weighted by Gasteiger charge is -2.07. The van der Waals surface area contributed by atoms with Gasteiger partial charge in [-0.1, -0.05) is 6.07 Å². The fourth-order valence-corrected chi connectivity index (χ4v) is 2.49. The van der Waals surface area contributed by atoms with Crippen molar-refractivity contribution >= 4 is 17.9 Å². The molecule has 0 saturated heterocycles. The second kappa shape index (κ2) is 6.81. The summed E-state index contributed by atoms with van der Waals surface area (Å²) in [6.45, 7) is 4.04. The highest BCUT2D eigenvalue weighted by molar-refractivity contribution is 6.13. The molecule has 5 nitrogen and oxygen atoms in total. The van der Waals surface area contributed by atoms with Gasteiger partial charge in [0.05, 0.1) is 14.2 Å². The van der Waals surface area contributed by atoms with Crippen LogP contribution in [0.1, 0.15) is 22.3 Å². The van der Waals surface area contributed by atoms with E-state index in [9.17, 15) is 4.79 Å². The number of nitrogens with zero attached hydrogens (tertiary/aromatic N) is 1. The molecular formula is C20H19NO4. The van der Waals surface area contributed by atoms with E-state index in [2.05, 4.69) is 4.99 Å². The minimum Gasteiger partial charge on any atom is -0.497 e. The average molecular weight is 337 g/mol. The zero-order valence-corrected chi connectivity index (χ0v) is 14.6. The lowest BCUT2D eigenvalue weighted by atomic mass is 10.1. The van der Waals surface area contributed by atoms with E-state index in [4.69, 9.17) is 14.2 Å². The van der Waals surface area contributed by atoms with Crippen molar-refractivity contribution in [2.75, 3.05) is 14.2 Å². The number of esters is 1. The van der Waals surface area contributed by atoms with Crippen molar-refractivity contribution < 1.29 is 19.0 Å². The van der Waals surface area contributed by atoms with Gasteiger partial charge in [-0.05, 0) is 55.3 Å². The molecule has 25 heavy (non-hydrogen) atoms. The van der Waals surface area contributed by atoms with Crippen LogP contribution in [-0.2, 0) is 9.53 Å². The molecule has 3 rings (SSSR count). The molecule has 0 aromatic heterocycles. The Labute approximate surface area is 146 Å². The molecule has 2 aromatic carbocycles. The van der Waals surface area contributed by atoms with Crippen molar-refractivity contribution in [3.05, 3.63) is 64.3 Å². The van der Waals surface area contributed by atoms with Crippen molar-refractivity contribution in [3.8, 4) is 11.5 Å². The number of carbonyl (C=O) groups is 1. The third-order valence-electron chi connectivity index (χ3n) is 4.11. The SMILES string of the molecule is COc1ccc(/C=C2\N=C(c3ccc(C)c(C)c3)OC2=O)c(OC)c1. The number of ether oxygens (including phenoxy) is 3. The van der Waals surface area contributed by atoms with Gasteiger partial charge < -0.3 is 14.2 Å². The van der Waals surface area contributed by atoms with Crippen molar-refractivity contribution in [3.63, 3.8) is 0 Å². The average Bonchev–Trinajstić information content (AvgIpc) is 2.98. The van der Waals surface area contributed by atoms with Crippen LogP contribution in [0, 0.1) is 13.8 Å². The monoisotopic (exact) mass is 337 g/mol. The first-order valence-electron chi connectivity index (χ1n) is 7.84. The number of hydrogen-bond donors (Lipinski definition) is 0. The van der Waals surface area contributed by atoms with Gasteiger partial charge in [0.1, 0.15) is 11.5 Å². The first-order chi connectivity index (χ1) is 12.0. The predicted octanol–water partition coefficient (Wildman–Crippen LogP) is 3.67. The summed E-state index contributed by atoms with van der Waals surface area (Å²) in [7, 11) is 3.15. The van der Waals surface area contributed by atoms with Gasteiger partial charge >= 0.3 is 5.97 Å². The summed E-state index contributed by atoms with van der Waals surface area (Å²) in [6, 6.07) is 11.2. The van der Waals surface area contributed by atoms with Gasteiger partial charge in [-0.15, -0.1) is 0 Å². The molecule has 0 aliphatic carbocycles. The molecule has 1 heterocycles. The topological polar surface area (TPSA) is 57.1 Å². The van der Waals surface area contributed by atoms with Crippen LogP contribution in [0.3, 0.4) is 0 Å². The number of hydrogen-bond acceptors (Lipinski definition) is 5. The van der Waals surface area contributed by atoms with Crippen LogP contribution in [0.5, 0.6) is 11.5 Å². The van der Waals surface area contributed by atoms with E-state index in [0.717, 1.165) is 16.7 Å². The Morgan fingerprint density at radius 1 is 1.00 bits per heavy atom. The Kier molecular flexibility index (Phi) is 4.57. The summed E-state index contributed by atoms with van der Waals surface area (Å²) in [4.78, 5) is 16.5. The maximum atomic E-state index is 12.2. The van der Waals surface area contributed by atoms with Gasteiger partial charge in [0.25, 0.3) is 0 Å². The zero-order chi connectivity index (χ0) is 18.0. The standard InChI is InChI=1S/C20H19NO4/c1-12-5-6-15(9-13(12)2)19-21-17(20(22)25-19)10-14-7-8-16(23-3)11-18(14)24-4/h5-11H,1-4H3/b17-10-. The number of aryl methyl sites for hydroxylation is 2. The van der Waals surface area contributed by atoms with E-state index >= 15 is 0 Å². The lowest BCUT2D eigenvalue weighted by molar-refractivity contribution is -0.129.